The van der Waals surface area contributed by atoms with E-state index in [1.165, 1.54) is 0 Å². The molecular formula is C20H30N2O3. The average Bonchev–Trinajstić information content (AvgIpc) is 2.57. The van der Waals surface area contributed by atoms with Crippen LogP contribution in [0.4, 0.5) is 0 Å². The van der Waals surface area contributed by atoms with E-state index in [0.29, 0.717) is 25.4 Å². The van der Waals surface area contributed by atoms with Gasteiger partial charge in [-0.1, -0.05) is 26.0 Å². The van der Waals surface area contributed by atoms with E-state index < -0.39 is 0 Å². The zero-order chi connectivity index (χ0) is 18.2. The number of hydrogen-bond acceptors (Lipinski definition) is 3. The molecule has 2 rings (SSSR count). The van der Waals surface area contributed by atoms with Crippen molar-refractivity contribution in [3.05, 3.63) is 29.8 Å². The summed E-state index contributed by atoms with van der Waals surface area (Å²) in [7, 11) is 0. The lowest BCUT2D eigenvalue weighted by Crippen LogP contribution is -2.47. The Kier molecular flexibility index (Phi) is 7.29. The first-order chi connectivity index (χ1) is 12.0. The first kappa shape index (κ1) is 19.3. The molecule has 1 fully saturated rings. The van der Waals surface area contributed by atoms with Crippen LogP contribution in [0.1, 0.15) is 45.6 Å². The van der Waals surface area contributed by atoms with E-state index in [-0.39, 0.29) is 17.9 Å². The standard InChI is InChI=1S/C20H30N2O3/c1-4-25-18-7-5-16(6-8-18)14-19(23)21-17-9-11-22(12-10-17)20(24)13-15(2)3/h5-8,15,17H,4,9-14H2,1-3H3,(H,21,23). The molecule has 0 atom stereocenters. The average molecular weight is 346 g/mol. The third kappa shape index (κ3) is 6.40. The van der Waals surface area contributed by atoms with Gasteiger partial charge in [0.05, 0.1) is 13.0 Å². The third-order valence-electron chi connectivity index (χ3n) is 4.39. The van der Waals surface area contributed by atoms with Gasteiger partial charge >= 0.3 is 0 Å². The molecule has 25 heavy (non-hydrogen) atoms. The summed E-state index contributed by atoms with van der Waals surface area (Å²) in [6, 6.07) is 7.81. The Morgan fingerprint density at radius 2 is 1.84 bits per heavy atom. The Morgan fingerprint density at radius 1 is 1.20 bits per heavy atom. The molecule has 1 saturated heterocycles. The van der Waals surface area contributed by atoms with Crippen molar-refractivity contribution in [3.63, 3.8) is 0 Å². The van der Waals surface area contributed by atoms with Crippen molar-refractivity contribution in [1.82, 2.24) is 10.2 Å². The Morgan fingerprint density at radius 3 is 2.40 bits per heavy atom. The van der Waals surface area contributed by atoms with Gasteiger partial charge in [-0.25, -0.2) is 0 Å². The predicted octanol–water partition coefficient (Wildman–Crippen LogP) is 2.78. The summed E-state index contributed by atoms with van der Waals surface area (Å²) < 4.78 is 5.41. The molecule has 138 valence electrons. The molecule has 1 aromatic carbocycles. The summed E-state index contributed by atoms with van der Waals surface area (Å²) in [5.41, 5.74) is 0.977. The molecule has 0 aromatic heterocycles. The largest absolute Gasteiger partial charge is 0.494 e. The minimum Gasteiger partial charge on any atom is -0.494 e. The maximum atomic E-state index is 12.2. The zero-order valence-electron chi connectivity index (χ0n) is 15.6. The maximum Gasteiger partial charge on any atom is 0.224 e. The van der Waals surface area contributed by atoms with Crippen LogP contribution in [-0.2, 0) is 16.0 Å². The zero-order valence-corrected chi connectivity index (χ0v) is 15.6. The molecule has 1 N–H and O–H groups in total. The fraction of sp³-hybridized carbons (Fsp3) is 0.600. The van der Waals surface area contributed by atoms with Crippen molar-refractivity contribution in [2.75, 3.05) is 19.7 Å². The number of nitrogens with zero attached hydrogens (tertiary/aromatic N) is 1. The van der Waals surface area contributed by atoms with Gasteiger partial charge in [0.2, 0.25) is 11.8 Å². The number of rotatable bonds is 7. The molecule has 0 spiro atoms. The molecule has 0 unspecified atom stereocenters. The lowest BCUT2D eigenvalue weighted by Gasteiger charge is -2.33. The Balaban J connectivity index is 1.74. The summed E-state index contributed by atoms with van der Waals surface area (Å²) in [4.78, 5) is 26.2. The highest BCUT2D eigenvalue weighted by molar-refractivity contribution is 5.79. The second-order valence-corrected chi connectivity index (χ2v) is 7.07. The Labute approximate surface area is 150 Å². The highest BCUT2D eigenvalue weighted by atomic mass is 16.5. The van der Waals surface area contributed by atoms with Crippen molar-refractivity contribution in [1.29, 1.82) is 0 Å². The van der Waals surface area contributed by atoms with Gasteiger partial charge in [0.15, 0.2) is 0 Å². The molecule has 1 aliphatic rings. The van der Waals surface area contributed by atoms with Gasteiger partial charge in [-0.3, -0.25) is 9.59 Å². The molecule has 0 bridgehead atoms. The van der Waals surface area contributed by atoms with Gasteiger partial charge in [0, 0.05) is 25.6 Å². The summed E-state index contributed by atoms with van der Waals surface area (Å²) in [5.74, 6) is 1.48. The van der Waals surface area contributed by atoms with E-state index >= 15 is 0 Å². The van der Waals surface area contributed by atoms with Crippen LogP contribution in [0.25, 0.3) is 0 Å². The molecular weight excluding hydrogens is 316 g/mol. The second-order valence-electron chi connectivity index (χ2n) is 7.07. The van der Waals surface area contributed by atoms with Gasteiger partial charge in [-0.15, -0.1) is 0 Å². The van der Waals surface area contributed by atoms with Crippen LogP contribution in [0.2, 0.25) is 0 Å². The highest BCUT2D eigenvalue weighted by Gasteiger charge is 2.24. The number of ether oxygens (including phenoxy) is 1. The van der Waals surface area contributed by atoms with Crippen molar-refractivity contribution in [2.24, 2.45) is 5.92 Å². The van der Waals surface area contributed by atoms with E-state index in [1.54, 1.807) is 0 Å². The quantitative estimate of drug-likeness (QED) is 0.826. The molecule has 0 saturated carbocycles. The predicted molar refractivity (Wildman–Crippen MR) is 98.5 cm³/mol. The normalized spacial score (nSPS) is 15.3. The monoisotopic (exact) mass is 346 g/mol. The van der Waals surface area contributed by atoms with Crippen molar-refractivity contribution >= 4 is 11.8 Å². The number of benzene rings is 1. The number of piperidine rings is 1. The van der Waals surface area contributed by atoms with Crippen LogP contribution in [-0.4, -0.2) is 42.5 Å². The lowest BCUT2D eigenvalue weighted by atomic mass is 10.0. The van der Waals surface area contributed by atoms with Crippen molar-refractivity contribution < 1.29 is 14.3 Å². The van der Waals surface area contributed by atoms with Crippen LogP contribution < -0.4 is 10.1 Å². The summed E-state index contributed by atoms with van der Waals surface area (Å²) in [6.45, 7) is 8.18. The summed E-state index contributed by atoms with van der Waals surface area (Å²) in [5, 5.41) is 3.10. The van der Waals surface area contributed by atoms with Crippen molar-refractivity contribution in [3.8, 4) is 5.75 Å². The summed E-state index contributed by atoms with van der Waals surface area (Å²) >= 11 is 0. The molecule has 1 aromatic rings. The van der Waals surface area contributed by atoms with Gasteiger partial charge in [-0.05, 0) is 43.4 Å². The van der Waals surface area contributed by atoms with Crippen LogP contribution in [0, 0.1) is 5.92 Å². The molecule has 0 radical (unpaired) electrons. The molecule has 5 heteroatoms. The molecule has 5 nitrogen and oxygen atoms in total. The SMILES string of the molecule is CCOc1ccc(CC(=O)NC2CCN(C(=O)CC(C)C)CC2)cc1. The second kappa shape index (κ2) is 9.44. The molecule has 1 aliphatic heterocycles. The lowest BCUT2D eigenvalue weighted by molar-refractivity contribution is -0.133. The van der Waals surface area contributed by atoms with Gasteiger partial charge in [0.1, 0.15) is 5.75 Å². The smallest absolute Gasteiger partial charge is 0.224 e. The molecule has 0 aliphatic carbocycles. The fourth-order valence-electron chi connectivity index (χ4n) is 3.09. The van der Waals surface area contributed by atoms with Crippen LogP contribution in [0.3, 0.4) is 0 Å². The number of hydrogen-bond donors (Lipinski definition) is 1. The minimum atomic E-state index is 0.0381. The first-order valence-electron chi connectivity index (χ1n) is 9.26. The topological polar surface area (TPSA) is 58.6 Å². The minimum absolute atomic E-state index is 0.0381. The van der Waals surface area contributed by atoms with E-state index in [0.717, 1.165) is 37.2 Å². The van der Waals surface area contributed by atoms with E-state index in [9.17, 15) is 9.59 Å². The number of amides is 2. The van der Waals surface area contributed by atoms with E-state index in [4.69, 9.17) is 4.74 Å². The molecule has 1 heterocycles. The summed E-state index contributed by atoms with van der Waals surface area (Å²) in [6.07, 6.45) is 2.64. The number of carbonyl (C=O) groups excluding carboxylic acids is 2. The maximum absolute atomic E-state index is 12.2. The Hall–Kier alpha value is -2.04. The number of carbonyl (C=O) groups is 2. The highest BCUT2D eigenvalue weighted by Crippen LogP contribution is 2.15. The number of nitrogens with one attached hydrogen (secondary N) is 1. The van der Waals surface area contributed by atoms with Crippen LogP contribution >= 0.6 is 0 Å². The Bertz CT molecular complexity index is 561. The van der Waals surface area contributed by atoms with Crippen LogP contribution in [0.15, 0.2) is 24.3 Å². The van der Waals surface area contributed by atoms with Gasteiger partial charge in [-0.2, -0.15) is 0 Å². The van der Waals surface area contributed by atoms with Crippen molar-refractivity contribution in [2.45, 2.75) is 52.5 Å². The third-order valence-corrected chi connectivity index (χ3v) is 4.39. The van der Waals surface area contributed by atoms with E-state index in [2.05, 4.69) is 19.2 Å². The fourth-order valence-corrected chi connectivity index (χ4v) is 3.09. The first-order valence-corrected chi connectivity index (χ1v) is 9.26. The van der Waals surface area contributed by atoms with Gasteiger partial charge in [0.25, 0.3) is 0 Å². The number of likely N-dealkylation sites (tertiary alicyclic amines) is 1. The van der Waals surface area contributed by atoms with Crippen LogP contribution in [0.5, 0.6) is 5.75 Å². The molecule has 2 amide bonds. The van der Waals surface area contributed by atoms with Gasteiger partial charge < -0.3 is 15.0 Å². The van der Waals surface area contributed by atoms with E-state index in [1.807, 2.05) is 36.1 Å².